The average molecular weight is 386 g/mol. The number of carbonyl (C=O) groups excluding carboxylic acids is 1. The van der Waals surface area contributed by atoms with E-state index >= 15 is 0 Å². The van der Waals surface area contributed by atoms with Crippen LogP contribution in [0.1, 0.15) is 10.4 Å². The molecule has 0 saturated carbocycles. The minimum absolute atomic E-state index is 0.0260. The van der Waals surface area contributed by atoms with Gasteiger partial charge in [-0.1, -0.05) is 11.8 Å². The SMILES string of the molecule is COc1ccc(N(CC(=O)c2ccc(OC)c(OC)c2)C2=NCCS2)cc1. The number of Topliss-reactive ketones (excluding diaryl/α,β-unsaturated/α-hetero) is 1. The summed E-state index contributed by atoms with van der Waals surface area (Å²) >= 11 is 1.65. The largest absolute Gasteiger partial charge is 0.497 e. The molecule has 2 aromatic carbocycles. The van der Waals surface area contributed by atoms with Gasteiger partial charge in [-0.3, -0.25) is 9.79 Å². The van der Waals surface area contributed by atoms with Gasteiger partial charge < -0.3 is 19.1 Å². The van der Waals surface area contributed by atoms with Crippen LogP contribution in [-0.2, 0) is 0 Å². The second-order valence-corrected chi connectivity index (χ2v) is 6.85. The summed E-state index contributed by atoms with van der Waals surface area (Å²) in [7, 11) is 4.75. The van der Waals surface area contributed by atoms with Crippen LogP contribution < -0.4 is 19.1 Å². The minimum atomic E-state index is -0.0260. The van der Waals surface area contributed by atoms with Crippen molar-refractivity contribution in [3.63, 3.8) is 0 Å². The number of thioether (sulfide) groups is 1. The third kappa shape index (κ3) is 4.36. The van der Waals surface area contributed by atoms with Crippen LogP contribution in [0.5, 0.6) is 17.2 Å². The van der Waals surface area contributed by atoms with Gasteiger partial charge in [0, 0.05) is 17.0 Å². The van der Waals surface area contributed by atoms with E-state index in [1.54, 1.807) is 51.3 Å². The first-order valence-corrected chi connectivity index (χ1v) is 9.49. The van der Waals surface area contributed by atoms with Crippen molar-refractivity contribution in [2.45, 2.75) is 0 Å². The molecule has 6 nitrogen and oxygen atoms in total. The highest BCUT2D eigenvalue weighted by Gasteiger charge is 2.22. The fourth-order valence-corrected chi connectivity index (χ4v) is 3.64. The molecule has 3 rings (SSSR count). The first-order chi connectivity index (χ1) is 13.2. The summed E-state index contributed by atoms with van der Waals surface area (Å²) in [6, 6.07) is 12.8. The predicted octanol–water partition coefficient (Wildman–Crippen LogP) is 3.50. The maximum Gasteiger partial charge on any atom is 0.182 e. The number of ether oxygens (including phenoxy) is 3. The Bertz CT molecular complexity index is 836. The molecule has 1 aliphatic rings. The highest BCUT2D eigenvalue weighted by Crippen LogP contribution is 2.29. The summed E-state index contributed by atoms with van der Waals surface area (Å²) in [6.07, 6.45) is 0. The van der Waals surface area contributed by atoms with E-state index in [2.05, 4.69) is 4.99 Å². The Morgan fingerprint density at radius 2 is 1.78 bits per heavy atom. The lowest BCUT2D eigenvalue weighted by Gasteiger charge is -2.23. The molecular formula is C20H22N2O4S. The molecule has 2 aromatic rings. The van der Waals surface area contributed by atoms with Crippen molar-refractivity contribution in [2.24, 2.45) is 4.99 Å². The van der Waals surface area contributed by atoms with E-state index in [0.717, 1.165) is 28.9 Å². The van der Waals surface area contributed by atoms with Crippen molar-refractivity contribution in [2.75, 3.05) is 45.1 Å². The Morgan fingerprint density at radius 3 is 2.37 bits per heavy atom. The molecule has 0 fully saturated rings. The molecule has 0 atom stereocenters. The Labute approximate surface area is 163 Å². The summed E-state index contributed by atoms with van der Waals surface area (Å²) in [5.41, 5.74) is 1.47. The number of hydrogen-bond acceptors (Lipinski definition) is 7. The predicted molar refractivity (Wildman–Crippen MR) is 109 cm³/mol. The number of aliphatic imine (C=N–C) groups is 1. The monoisotopic (exact) mass is 386 g/mol. The smallest absolute Gasteiger partial charge is 0.182 e. The normalized spacial score (nSPS) is 13.1. The van der Waals surface area contributed by atoms with E-state index in [1.165, 1.54) is 0 Å². The molecule has 0 saturated heterocycles. The Balaban J connectivity index is 1.86. The average Bonchev–Trinajstić information content (AvgIpc) is 3.26. The van der Waals surface area contributed by atoms with Gasteiger partial charge in [-0.05, 0) is 42.5 Å². The van der Waals surface area contributed by atoms with Crippen LogP contribution in [0.4, 0.5) is 5.69 Å². The van der Waals surface area contributed by atoms with Crippen molar-refractivity contribution >= 4 is 28.4 Å². The van der Waals surface area contributed by atoms with Crippen molar-refractivity contribution in [3.8, 4) is 17.2 Å². The number of rotatable bonds is 7. The molecular weight excluding hydrogens is 364 g/mol. The highest BCUT2D eigenvalue weighted by atomic mass is 32.2. The second-order valence-electron chi connectivity index (χ2n) is 5.79. The van der Waals surface area contributed by atoms with Crippen LogP contribution in [0.3, 0.4) is 0 Å². The van der Waals surface area contributed by atoms with E-state index in [4.69, 9.17) is 14.2 Å². The summed E-state index contributed by atoms with van der Waals surface area (Å²) in [5.74, 6) is 2.80. The van der Waals surface area contributed by atoms with E-state index in [1.807, 2.05) is 29.2 Å². The lowest BCUT2D eigenvalue weighted by Crippen LogP contribution is -2.33. The Kier molecular flexibility index (Phi) is 6.24. The van der Waals surface area contributed by atoms with Gasteiger partial charge in [0.2, 0.25) is 0 Å². The van der Waals surface area contributed by atoms with Gasteiger partial charge in [0.05, 0.1) is 34.4 Å². The van der Waals surface area contributed by atoms with Crippen molar-refractivity contribution in [1.29, 1.82) is 0 Å². The van der Waals surface area contributed by atoms with Crippen LogP contribution in [0.2, 0.25) is 0 Å². The quantitative estimate of drug-likeness (QED) is 0.679. The van der Waals surface area contributed by atoms with Gasteiger partial charge in [-0.15, -0.1) is 0 Å². The van der Waals surface area contributed by atoms with Crippen molar-refractivity contribution in [3.05, 3.63) is 48.0 Å². The zero-order valence-corrected chi connectivity index (χ0v) is 16.4. The molecule has 0 N–H and O–H groups in total. The number of carbonyl (C=O) groups is 1. The van der Waals surface area contributed by atoms with E-state index in [-0.39, 0.29) is 12.3 Å². The third-order valence-electron chi connectivity index (χ3n) is 4.19. The Hall–Kier alpha value is -2.67. The molecule has 1 heterocycles. The molecule has 27 heavy (non-hydrogen) atoms. The number of anilines is 1. The van der Waals surface area contributed by atoms with Gasteiger partial charge in [-0.2, -0.15) is 0 Å². The first-order valence-electron chi connectivity index (χ1n) is 8.50. The van der Waals surface area contributed by atoms with Gasteiger partial charge in [-0.25, -0.2) is 0 Å². The molecule has 0 bridgehead atoms. The third-order valence-corrected chi connectivity index (χ3v) is 5.19. The Morgan fingerprint density at radius 1 is 1.04 bits per heavy atom. The van der Waals surface area contributed by atoms with E-state index in [9.17, 15) is 4.79 Å². The standard InChI is InChI=1S/C20H22N2O4S/c1-24-16-7-5-15(6-8-16)22(20-21-10-11-27-20)13-17(23)14-4-9-18(25-2)19(12-14)26-3/h4-9,12H,10-11,13H2,1-3H3. The molecule has 7 heteroatoms. The number of hydrogen-bond donors (Lipinski definition) is 0. The first kappa shape index (κ1) is 19.1. The van der Waals surface area contributed by atoms with Crippen molar-refractivity contribution in [1.82, 2.24) is 0 Å². The molecule has 0 unspecified atom stereocenters. The zero-order chi connectivity index (χ0) is 19.2. The molecule has 0 aliphatic carbocycles. The highest BCUT2D eigenvalue weighted by molar-refractivity contribution is 8.14. The maximum absolute atomic E-state index is 12.9. The number of methoxy groups -OCH3 is 3. The zero-order valence-electron chi connectivity index (χ0n) is 15.6. The van der Waals surface area contributed by atoms with Crippen LogP contribution in [0, 0.1) is 0 Å². The summed E-state index contributed by atoms with van der Waals surface area (Å²) in [5, 5.41) is 0.856. The van der Waals surface area contributed by atoms with E-state index in [0.29, 0.717) is 17.1 Å². The fourth-order valence-electron chi connectivity index (χ4n) is 2.76. The summed E-state index contributed by atoms with van der Waals surface area (Å²) < 4.78 is 15.8. The minimum Gasteiger partial charge on any atom is -0.497 e. The number of benzene rings is 2. The van der Waals surface area contributed by atoms with Gasteiger partial charge in [0.25, 0.3) is 0 Å². The molecule has 0 amide bonds. The molecule has 0 radical (unpaired) electrons. The lowest BCUT2D eigenvalue weighted by molar-refractivity contribution is 0.100. The fraction of sp³-hybridized carbons (Fsp3) is 0.300. The topological polar surface area (TPSA) is 60.4 Å². The molecule has 0 aromatic heterocycles. The van der Waals surface area contributed by atoms with Crippen LogP contribution in [-0.4, -0.2) is 51.1 Å². The lowest BCUT2D eigenvalue weighted by atomic mass is 10.1. The van der Waals surface area contributed by atoms with Gasteiger partial charge in [0.15, 0.2) is 22.4 Å². The van der Waals surface area contributed by atoms with Gasteiger partial charge in [0.1, 0.15) is 5.75 Å². The number of ketones is 1. The van der Waals surface area contributed by atoms with Gasteiger partial charge >= 0.3 is 0 Å². The summed E-state index contributed by atoms with van der Waals surface area (Å²) in [6.45, 7) is 0.949. The van der Waals surface area contributed by atoms with Crippen LogP contribution >= 0.6 is 11.8 Å². The van der Waals surface area contributed by atoms with Crippen LogP contribution in [0.25, 0.3) is 0 Å². The van der Waals surface area contributed by atoms with Crippen molar-refractivity contribution < 1.29 is 19.0 Å². The van der Waals surface area contributed by atoms with E-state index < -0.39 is 0 Å². The van der Waals surface area contributed by atoms with Crippen LogP contribution in [0.15, 0.2) is 47.5 Å². The summed E-state index contributed by atoms with van der Waals surface area (Å²) in [4.78, 5) is 19.4. The molecule has 142 valence electrons. The number of amidine groups is 1. The number of nitrogens with zero attached hydrogens (tertiary/aromatic N) is 2. The molecule has 0 spiro atoms. The second kappa shape index (κ2) is 8.81. The molecule has 1 aliphatic heterocycles. The maximum atomic E-state index is 12.9.